The molecule has 0 aliphatic carbocycles. The van der Waals surface area contributed by atoms with E-state index in [1.165, 1.54) is 38.6 Å². The number of para-hydroxylation sites is 1. The molecule has 2 aromatic carbocycles. The topological polar surface area (TPSA) is 72.5 Å². The van der Waals surface area contributed by atoms with Crippen molar-refractivity contribution in [3.8, 4) is 11.5 Å². The van der Waals surface area contributed by atoms with E-state index in [9.17, 15) is 13.6 Å². The Morgan fingerprint density at radius 1 is 0.929 bits per heavy atom. The van der Waals surface area contributed by atoms with Gasteiger partial charge in [0.05, 0.1) is 14.2 Å². The number of rotatable bonds is 6. The van der Waals surface area contributed by atoms with Crippen LogP contribution >= 0.6 is 0 Å². The van der Waals surface area contributed by atoms with Crippen molar-refractivity contribution in [3.63, 3.8) is 0 Å². The van der Waals surface area contributed by atoms with Gasteiger partial charge in [0.2, 0.25) is 0 Å². The fraction of sp³-hybridized carbons (Fsp3) is 0.100. The number of nitrogens with zero attached hydrogens (tertiary/aromatic N) is 1. The lowest BCUT2D eigenvalue weighted by Gasteiger charge is -2.11. The summed E-state index contributed by atoms with van der Waals surface area (Å²) >= 11 is 0. The maximum absolute atomic E-state index is 13.8. The van der Waals surface area contributed by atoms with E-state index in [1.54, 1.807) is 18.2 Å². The van der Waals surface area contributed by atoms with Crippen LogP contribution in [0.4, 0.5) is 25.8 Å². The molecular weight excluding hydrogens is 368 g/mol. The average Bonchev–Trinajstić information content (AvgIpc) is 2.71. The molecule has 1 aromatic heterocycles. The van der Waals surface area contributed by atoms with Crippen LogP contribution in [0.3, 0.4) is 0 Å². The number of hydrogen-bond donors (Lipinski definition) is 2. The Bertz CT molecular complexity index is 991. The Kier molecular flexibility index (Phi) is 5.69. The molecule has 6 nitrogen and oxygen atoms in total. The highest BCUT2D eigenvalue weighted by Gasteiger charge is 2.13. The maximum Gasteiger partial charge on any atom is 0.274 e. The summed E-state index contributed by atoms with van der Waals surface area (Å²) in [4.78, 5) is 16.5. The van der Waals surface area contributed by atoms with Crippen molar-refractivity contribution in [2.45, 2.75) is 0 Å². The lowest BCUT2D eigenvalue weighted by molar-refractivity contribution is 0.102. The zero-order valence-electron chi connectivity index (χ0n) is 15.1. The average molecular weight is 385 g/mol. The molecule has 0 saturated carbocycles. The van der Waals surface area contributed by atoms with E-state index >= 15 is 0 Å². The van der Waals surface area contributed by atoms with Gasteiger partial charge in [0.15, 0.2) is 11.5 Å². The van der Waals surface area contributed by atoms with E-state index in [0.717, 1.165) is 12.1 Å². The van der Waals surface area contributed by atoms with Gasteiger partial charge in [0.25, 0.3) is 5.91 Å². The number of pyridine rings is 1. The fourth-order valence-electron chi connectivity index (χ4n) is 2.50. The predicted molar refractivity (Wildman–Crippen MR) is 101 cm³/mol. The summed E-state index contributed by atoms with van der Waals surface area (Å²) in [5.41, 5.74) is 0.552. The SMILES string of the molecule is COc1ccc(NC(=O)c2cc(Nc3c(F)cccc3F)ccn2)cc1OC. The number of anilines is 3. The Morgan fingerprint density at radius 3 is 2.32 bits per heavy atom. The Morgan fingerprint density at radius 2 is 1.64 bits per heavy atom. The van der Waals surface area contributed by atoms with Crippen molar-refractivity contribution in [1.29, 1.82) is 0 Å². The van der Waals surface area contributed by atoms with Gasteiger partial charge in [-0.2, -0.15) is 0 Å². The number of methoxy groups -OCH3 is 2. The van der Waals surface area contributed by atoms with E-state index in [1.807, 2.05) is 0 Å². The molecule has 0 aliphatic rings. The van der Waals surface area contributed by atoms with Crippen molar-refractivity contribution >= 4 is 23.0 Å². The van der Waals surface area contributed by atoms with Crippen LogP contribution in [-0.4, -0.2) is 25.1 Å². The van der Waals surface area contributed by atoms with Gasteiger partial charge in [-0.05, 0) is 36.4 Å². The molecule has 0 radical (unpaired) electrons. The molecule has 0 aliphatic heterocycles. The van der Waals surface area contributed by atoms with Crippen LogP contribution in [0, 0.1) is 11.6 Å². The Labute approximate surface area is 160 Å². The normalized spacial score (nSPS) is 10.3. The molecule has 8 heteroatoms. The second kappa shape index (κ2) is 8.34. The number of halogens is 2. The molecule has 3 aromatic rings. The summed E-state index contributed by atoms with van der Waals surface area (Å²) < 4.78 is 37.9. The Balaban J connectivity index is 1.79. The quantitative estimate of drug-likeness (QED) is 0.659. The van der Waals surface area contributed by atoms with Gasteiger partial charge in [-0.25, -0.2) is 8.78 Å². The number of benzene rings is 2. The standard InChI is InChI=1S/C20H17F2N3O3/c1-27-17-7-6-12(11-18(17)28-2)25-20(26)16-10-13(8-9-23-16)24-19-14(21)4-3-5-15(19)22/h3-11H,1-2H3,(H,23,24)(H,25,26). The summed E-state index contributed by atoms with van der Waals surface area (Å²) in [6.45, 7) is 0. The molecule has 0 unspecified atom stereocenters. The first-order valence-corrected chi connectivity index (χ1v) is 8.22. The summed E-state index contributed by atoms with van der Waals surface area (Å²) in [6, 6.07) is 11.3. The van der Waals surface area contributed by atoms with Crippen molar-refractivity contribution in [2.24, 2.45) is 0 Å². The summed E-state index contributed by atoms with van der Waals surface area (Å²) in [6.07, 6.45) is 1.37. The summed E-state index contributed by atoms with van der Waals surface area (Å²) in [5, 5.41) is 5.31. The molecule has 0 bridgehead atoms. The van der Waals surface area contributed by atoms with E-state index in [0.29, 0.717) is 22.9 Å². The minimum absolute atomic E-state index is 0.0662. The van der Waals surface area contributed by atoms with Gasteiger partial charge >= 0.3 is 0 Å². The third kappa shape index (κ3) is 4.17. The largest absolute Gasteiger partial charge is 0.493 e. The van der Waals surface area contributed by atoms with E-state index in [-0.39, 0.29) is 11.4 Å². The summed E-state index contributed by atoms with van der Waals surface area (Å²) in [7, 11) is 3.00. The van der Waals surface area contributed by atoms with Crippen molar-refractivity contribution < 1.29 is 23.0 Å². The van der Waals surface area contributed by atoms with Crippen molar-refractivity contribution in [3.05, 3.63) is 72.1 Å². The van der Waals surface area contributed by atoms with E-state index < -0.39 is 17.5 Å². The molecular formula is C20H17F2N3O3. The number of ether oxygens (including phenoxy) is 2. The van der Waals surface area contributed by atoms with Gasteiger partial charge in [0.1, 0.15) is 23.0 Å². The van der Waals surface area contributed by atoms with Gasteiger partial charge in [0, 0.05) is 23.6 Å². The van der Waals surface area contributed by atoms with Crippen LogP contribution in [0.2, 0.25) is 0 Å². The zero-order chi connectivity index (χ0) is 20.1. The van der Waals surface area contributed by atoms with Gasteiger partial charge in [-0.3, -0.25) is 9.78 Å². The zero-order valence-corrected chi connectivity index (χ0v) is 15.1. The number of hydrogen-bond acceptors (Lipinski definition) is 5. The molecule has 2 N–H and O–H groups in total. The predicted octanol–water partition coefficient (Wildman–Crippen LogP) is 4.37. The molecule has 0 atom stereocenters. The van der Waals surface area contributed by atoms with Crippen LogP contribution in [0.5, 0.6) is 11.5 Å². The van der Waals surface area contributed by atoms with Crippen LogP contribution in [-0.2, 0) is 0 Å². The number of carbonyl (C=O) groups excluding carboxylic acids is 1. The molecule has 144 valence electrons. The number of aromatic nitrogens is 1. The van der Waals surface area contributed by atoms with Crippen LogP contribution < -0.4 is 20.1 Å². The summed E-state index contributed by atoms with van der Waals surface area (Å²) in [5.74, 6) is -0.999. The number of carbonyl (C=O) groups is 1. The molecule has 3 rings (SSSR count). The third-order valence-electron chi connectivity index (χ3n) is 3.87. The Hall–Kier alpha value is -3.68. The monoisotopic (exact) mass is 385 g/mol. The molecule has 0 saturated heterocycles. The lowest BCUT2D eigenvalue weighted by atomic mass is 10.2. The molecule has 0 spiro atoms. The first-order chi connectivity index (χ1) is 13.5. The highest BCUT2D eigenvalue weighted by Crippen LogP contribution is 2.30. The van der Waals surface area contributed by atoms with Crippen LogP contribution in [0.15, 0.2) is 54.7 Å². The van der Waals surface area contributed by atoms with Gasteiger partial charge in [-0.1, -0.05) is 6.07 Å². The van der Waals surface area contributed by atoms with Gasteiger partial charge in [-0.15, -0.1) is 0 Å². The minimum atomic E-state index is -0.742. The van der Waals surface area contributed by atoms with E-state index in [4.69, 9.17) is 9.47 Å². The second-order valence-electron chi connectivity index (χ2n) is 5.68. The smallest absolute Gasteiger partial charge is 0.274 e. The first kappa shape index (κ1) is 19.1. The molecule has 0 fully saturated rings. The lowest BCUT2D eigenvalue weighted by Crippen LogP contribution is -2.14. The maximum atomic E-state index is 13.8. The van der Waals surface area contributed by atoms with Crippen molar-refractivity contribution in [1.82, 2.24) is 4.98 Å². The van der Waals surface area contributed by atoms with E-state index in [2.05, 4.69) is 15.6 Å². The van der Waals surface area contributed by atoms with Crippen molar-refractivity contribution in [2.75, 3.05) is 24.9 Å². The van der Waals surface area contributed by atoms with Crippen LogP contribution in [0.25, 0.3) is 0 Å². The molecule has 1 heterocycles. The molecule has 28 heavy (non-hydrogen) atoms. The highest BCUT2D eigenvalue weighted by atomic mass is 19.1. The second-order valence-corrected chi connectivity index (χ2v) is 5.68. The number of nitrogens with one attached hydrogen (secondary N) is 2. The highest BCUT2D eigenvalue weighted by molar-refractivity contribution is 6.03. The van der Waals surface area contributed by atoms with Gasteiger partial charge < -0.3 is 20.1 Å². The minimum Gasteiger partial charge on any atom is -0.493 e. The van der Waals surface area contributed by atoms with Crippen LogP contribution in [0.1, 0.15) is 10.5 Å². The first-order valence-electron chi connectivity index (χ1n) is 8.22. The number of amides is 1. The fourth-order valence-corrected chi connectivity index (χ4v) is 2.50. The molecule has 1 amide bonds. The third-order valence-corrected chi connectivity index (χ3v) is 3.87.